The number of methoxy groups -OCH3 is 1. The molecule has 2 rings (SSSR count). The number of likely N-dealkylation sites (tertiary alicyclic amines) is 1. The summed E-state index contributed by atoms with van der Waals surface area (Å²) >= 11 is 6.90. The molecule has 1 fully saturated rings. The summed E-state index contributed by atoms with van der Waals surface area (Å²) in [6.07, 6.45) is 0. The van der Waals surface area contributed by atoms with Gasteiger partial charge in [-0.05, 0) is 28.1 Å². The first kappa shape index (κ1) is 13.8. The van der Waals surface area contributed by atoms with Gasteiger partial charge in [-0.15, -0.1) is 0 Å². The van der Waals surface area contributed by atoms with Gasteiger partial charge < -0.3 is 9.84 Å². The topological polar surface area (TPSA) is 49.8 Å². The normalized spacial score (nSPS) is 16.4. The van der Waals surface area contributed by atoms with Crippen LogP contribution in [-0.2, 0) is 11.3 Å². The average molecular weight is 379 g/mol. The second-order valence-corrected chi connectivity index (χ2v) is 6.08. The van der Waals surface area contributed by atoms with Crippen molar-refractivity contribution in [3.8, 4) is 5.75 Å². The lowest BCUT2D eigenvalue weighted by Crippen LogP contribution is -2.49. The molecule has 4 nitrogen and oxygen atoms in total. The lowest BCUT2D eigenvalue weighted by molar-refractivity contribution is -0.147. The monoisotopic (exact) mass is 377 g/mol. The molecule has 0 unspecified atom stereocenters. The summed E-state index contributed by atoms with van der Waals surface area (Å²) < 4.78 is 7.23. The molecule has 1 saturated heterocycles. The molecular weight excluding hydrogens is 366 g/mol. The van der Waals surface area contributed by atoms with Crippen LogP contribution in [0.25, 0.3) is 0 Å². The van der Waals surface area contributed by atoms with Gasteiger partial charge in [0.15, 0.2) is 0 Å². The van der Waals surface area contributed by atoms with Crippen LogP contribution in [0.3, 0.4) is 0 Å². The fraction of sp³-hybridized carbons (Fsp3) is 0.417. The van der Waals surface area contributed by atoms with Crippen LogP contribution < -0.4 is 4.74 Å². The second kappa shape index (κ2) is 5.59. The molecule has 0 aromatic heterocycles. The first-order valence-electron chi connectivity index (χ1n) is 5.48. The van der Waals surface area contributed by atoms with E-state index < -0.39 is 5.97 Å². The van der Waals surface area contributed by atoms with Crippen LogP contribution in [0, 0.1) is 5.92 Å². The van der Waals surface area contributed by atoms with Gasteiger partial charge in [-0.3, -0.25) is 9.69 Å². The lowest BCUT2D eigenvalue weighted by atomic mass is 9.99. The number of aliphatic carboxylic acids is 1. The maximum atomic E-state index is 10.7. The van der Waals surface area contributed by atoms with Crippen LogP contribution in [0.4, 0.5) is 0 Å². The summed E-state index contributed by atoms with van der Waals surface area (Å²) in [4.78, 5) is 12.8. The molecule has 98 valence electrons. The number of carbonyl (C=O) groups is 1. The number of carboxylic acids is 1. The van der Waals surface area contributed by atoms with Gasteiger partial charge >= 0.3 is 5.97 Å². The van der Waals surface area contributed by atoms with Crippen molar-refractivity contribution < 1.29 is 14.6 Å². The van der Waals surface area contributed by atoms with E-state index >= 15 is 0 Å². The van der Waals surface area contributed by atoms with Crippen molar-refractivity contribution >= 4 is 37.8 Å². The molecule has 0 aliphatic carbocycles. The number of hydrogen-bond donors (Lipinski definition) is 1. The van der Waals surface area contributed by atoms with Gasteiger partial charge in [-0.25, -0.2) is 0 Å². The van der Waals surface area contributed by atoms with E-state index in [4.69, 9.17) is 9.84 Å². The number of halogens is 2. The minimum atomic E-state index is -0.714. The summed E-state index contributed by atoms with van der Waals surface area (Å²) in [7, 11) is 1.63. The summed E-state index contributed by atoms with van der Waals surface area (Å²) in [5.41, 5.74) is 1.04. The zero-order valence-corrected chi connectivity index (χ0v) is 13.0. The zero-order valence-electron chi connectivity index (χ0n) is 9.82. The third-order valence-corrected chi connectivity index (χ3v) is 4.04. The summed E-state index contributed by atoms with van der Waals surface area (Å²) in [5, 5.41) is 8.84. The molecule has 1 aliphatic heterocycles. The Labute approximate surface area is 122 Å². The average Bonchev–Trinajstić information content (AvgIpc) is 2.21. The molecule has 0 saturated carbocycles. The highest BCUT2D eigenvalue weighted by Crippen LogP contribution is 2.34. The predicted octanol–water partition coefficient (Wildman–Crippen LogP) is 2.74. The number of ether oxygens (including phenoxy) is 1. The molecule has 0 radical (unpaired) electrons. The minimum absolute atomic E-state index is 0.230. The Balaban J connectivity index is 2.08. The predicted molar refractivity (Wildman–Crippen MR) is 74.8 cm³/mol. The number of carboxylic acid groups (broad SMARTS) is 1. The first-order chi connectivity index (χ1) is 8.51. The summed E-state index contributed by atoms with van der Waals surface area (Å²) in [6.45, 7) is 1.90. The number of benzene rings is 1. The van der Waals surface area contributed by atoms with E-state index in [1.54, 1.807) is 7.11 Å². The number of nitrogens with zero attached hydrogens (tertiary/aromatic N) is 1. The minimum Gasteiger partial charge on any atom is -0.495 e. The van der Waals surface area contributed by atoms with Gasteiger partial charge in [0.05, 0.1) is 17.5 Å². The van der Waals surface area contributed by atoms with Crippen molar-refractivity contribution in [1.82, 2.24) is 4.90 Å². The molecule has 0 bridgehead atoms. The highest BCUT2D eigenvalue weighted by molar-refractivity contribution is 9.11. The van der Waals surface area contributed by atoms with Gasteiger partial charge in [0.1, 0.15) is 5.75 Å². The Morgan fingerprint density at radius 2 is 2.17 bits per heavy atom. The SMILES string of the molecule is COc1c(Br)cc(Br)cc1CN1CC(C(=O)O)C1. The molecular formula is C12H13Br2NO3. The van der Waals surface area contributed by atoms with Crippen LogP contribution >= 0.6 is 31.9 Å². The molecule has 1 N–H and O–H groups in total. The molecule has 18 heavy (non-hydrogen) atoms. The van der Waals surface area contributed by atoms with Crippen LogP contribution in [0.15, 0.2) is 21.1 Å². The van der Waals surface area contributed by atoms with E-state index in [2.05, 4.69) is 36.8 Å². The Morgan fingerprint density at radius 3 is 2.72 bits per heavy atom. The molecule has 6 heteroatoms. The van der Waals surface area contributed by atoms with Crippen molar-refractivity contribution in [2.45, 2.75) is 6.54 Å². The zero-order chi connectivity index (χ0) is 13.3. The number of rotatable bonds is 4. The Morgan fingerprint density at radius 1 is 1.50 bits per heavy atom. The molecule has 1 aromatic rings. The first-order valence-corrected chi connectivity index (χ1v) is 7.07. The van der Waals surface area contributed by atoms with E-state index in [9.17, 15) is 4.79 Å². The summed E-state index contributed by atoms with van der Waals surface area (Å²) in [5.74, 6) is -0.141. The highest BCUT2D eigenvalue weighted by atomic mass is 79.9. The van der Waals surface area contributed by atoms with Crippen molar-refractivity contribution in [2.75, 3.05) is 20.2 Å². The van der Waals surface area contributed by atoms with Crippen molar-refractivity contribution in [2.24, 2.45) is 5.92 Å². The third-order valence-electron chi connectivity index (χ3n) is 2.99. The maximum absolute atomic E-state index is 10.7. The molecule has 0 spiro atoms. The van der Waals surface area contributed by atoms with E-state index in [0.717, 1.165) is 20.3 Å². The van der Waals surface area contributed by atoms with Gasteiger partial charge in [0, 0.05) is 29.7 Å². The van der Waals surface area contributed by atoms with Crippen molar-refractivity contribution in [1.29, 1.82) is 0 Å². The largest absolute Gasteiger partial charge is 0.495 e. The molecule has 0 atom stereocenters. The van der Waals surface area contributed by atoms with Crippen molar-refractivity contribution in [3.63, 3.8) is 0 Å². The van der Waals surface area contributed by atoms with Crippen LogP contribution in [0.5, 0.6) is 5.75 Å². The van der Waals surface area contributed by atoms with E-state index in [-0.39, 0.29) is 5.92 Å². The van der Waals surface area contributed by atoms with Gasteiger partial charge in [0.2, 0.25) is 0 Å². The highest BCUT2D eigenvalue weighted by Gasteiger charge is 2.32. The molecule has 1 aromatic carbocycles. The van der Waals surface area contributed by atoms with Gasteiger partial charge in [-0.1, -0.05) is 15.9 Å². The maximum Gasteiger partial charge on any atom is 0.309 e. The van der Waals surface area contributed by atoms with Crippen LogP contribution in [-0.4, -0.2) is 36.2 Å². The van der Waals surface area contributed by atoms with Crippen molar-refractivity contribution in [3.05, 3.63) is 26.6 Å². The van der Waals surface area contributed by atoms with E-state index in [1.807, 2.05) is 12.1 Å². The Bertz CT molecular complexity index is 473. The Kier molecular flexibility index (Phi) is 4.29. The quantitative estimate of drug-likeness (QED) is 0.875. The van der Waals surface area contributed by atoms with Gasteiger partial charge in [-0.2, -0.15) is 0 Å². The second-order valence-electron chi connectivity index (χ2n) is 4.31. The molecule has 1 aliphatic rings. The Hall–Kier alpha value is -0.590. The third kappa shape index (κ3) is 2.87. The fourth-order valence-electron chi connectivity index (χ4n) is 2.06. The molecule has 1 heterocycles. The van der Waals surface area contributed by atoms with Gasteiger partial charge in [0.25, 0.3) is 0 Å². The van der Waals surface area contributed by atoms with Crippen LogP contribution in [0.2, 0.25) is 0 Å². The van der Waals surface area contributed by atoms with Crippen LogP contribution in [0.1, 0.15) is 5.56 Å². The summed E-state index contributed by atoms with van der Waals surface area (Å²) in [6, 6.07) is 3.93. The number of hydrogen-bond acceptors (Lipinski definition) is 3. The smallest absolute Gasteiger partial charge is 0.309 e. The van der Waals surface area contributed by atoms with E-state index in [0.29, 0.717) is 19.6 Å². The standard InChI is InChI=1S/C12H13Br2NO3/c1-18-11-7(2-9(13)3-10(11)14)4-15-5-8(6-15)12(16)17/h2-3,8H,4-6H2,1H3,(H,16,17). The van der Waals surface area contributed by atoms with E-state index in [1.165, 1.54) is 0 Å². The lowest BCUT2D eigenvalue weighted by Gasteiger charge is -2.36. The fourth-order valence-corrected chi connectivity index (χ4v) is 3.53. The molecule has 0 amide bonds.